The van der Waals surface area contributed by atoms with E-state index in [1.807, 2.05) is 12.1 Å². The van der Waals surface area contributed by atoms with Gasteiger partial charge in [-0.25, -0.2) is 0 Å². The van der Waals surface area contributed by atoms with Gasteiger partial charge < -0.3 is 24.6 Å². The average Bonchev–Trinajstić information content (AvgIpc) is 3.39. The Labute approximate surface area is 240 Å². The van der Waals surface area contributed by atoms with Gasteiger partial charge in [-0.1, -0.05) is 49.4 Å². The SMILES string of the molecule is CCCN1CCC(N[C@H]2C[C@@H](C(=O)N3CCc4cc(OC)c(OC)cc4C3)N(C/C=C/c3ccccc3)C2)CC1. The summed E-state index contributed by atoms with van der Waals surface area (Å²) in [7, 11) is 3.33. The molecule has 5 rings (SSSR count). The predicted molar refractivity (Wildman–Crippen MR) is 161 cm³/mol. The maximum atomic E-state index is 14.1. The lowest BCUT2D eigenvalue weighted by Crippen LogP contribution is -2.47. The molecule has 216 valence electrons. The fourth-order valence-corrected chi connectivity index (χ4v) is 6.63. The number of ether oxygens (including phenoxy) is 2. The van der Waals surface area contributed by atoms with Gasteiger partial charge in [0.05, 0.1) is 20.3 Å². The van der Waals surface area contributed by atoms with Crippen molar-refractivity contribution < 1.29 is 14.3 Å². The van der Waals surface area contributed by atoms with Gasteiger partial charge in [-0.05, 0) is 80.6 Å². The third-order valence-corrected chi connectivity index (χ3v) is 8.77. The monoisotopic (exact) mass is 546 g/mol. The summed E-state index contributed by atoms with van der Waals surface area (Å²) in [5.74, 6) is 1.72. The minimum atomic E-state index is -0.111. The van der Waals surface area contributed by atoms with Crippen LogP contribution >= 0.6 is 0 Å². The highest BCUT2D eigenvalue weighted by Crippen LogP contribution is 2.34. The van der Waals surface area contributed by atoms with Gasteiger partial charge >= 0.3 is 0 Å². The number of methoxy groups -OCH3 is 2. The Morgan fingerprint density at radius 3 is 2.42 bits per heavy atom. The molecule has 0 unspecified atom stereocenters. The molecule has 3 aliphatic heterocycles. The Hall–Kier alpha value is -2.87. The zero-order valence-corrected chi connectivity index (χ0v) is 24.5. The van der Waals surface area contributed by atoms with Gasteiger partial charge in [-0.2, -0.15) is 0 Å². The molecule has 7 heteroatoms. The van der Waals surface area contributed by atoms with E-state index in [9.17, 15) is 4.79 Å². The number of carbonyl (C=O) groups excluding carboxylic acids is 1. The van der Waals surface area contributed by atoms with E-state index in [1.165, 1.54) is 50.0 Å². The molecule has 0 aliphatic carbocycles. The van der Waals surface area contributed by atoms with Crippen LogP contribution in [-0.2, 0) is 17.8 Å². The molecule has 0 spiro atoms. The Balaban J connectivity index is 1.26. The lowest BCUT2D eigenvalue weighted by Gasteiger charge is -2.34. The largest absolute Gasteiger partial charge is 0.493 e. The molecule has 2 fully saturated rings. The van der Waals surface area contributed by atoms with E-state index in [2.05, 4.69) is 69.4 Å². The quantitative estimate of drug-likeness (QED) is 0.482. The van der Waals surface area contributed by atoms with Gasteiger partial charge in [0.1, 0.15) is 0 Å². The van der Waals surface area contributed by atoms with E-state index in [1.54, 1.807) is 14.2 Å². The topological polar surface area (TPSA) is 57.3 Å². The van der Waals surface area contributed by atoms with Crippen LogP contribution < -0.4 is 14.8 Å². The molecule has 1 N–H and O–H groups in total. The third-order valence-electron chi connectivity index (χ3n) is 8.77. The third kappa shape index (κ3) is 6.88. The minimum absolute atomic E-state index is 0.111. The van der Waals surface area contributed by atoms with Crippen molar-refractivity contribution in [2.75, 3.05) is 53.5 Å². The molecule has 2 atom stereocenters. The zero-order valence-electron chi connectivity index (χ0n) is 24.5. The van der Waals surface area contributed by atoms with Crippen molar-refractivity contribution in [3.05, 3.63) is 65.2 Å². The fourth-order valence-electron chi connectivity index (χ4n) is 6.63. The molecule has 2 saturated heterocycles. The maximum absolute atomic E-state index is 14.1. The normalized spacial score (nSPS) is 22.5. The molecule has 7 nitrogen and oxygen atoms in total. The Bertz CT molecular complexity index is 1150. The van der Waals surface area contributed by atoms with Crippen molar-refractivity contribution in [1.29, 1.82) is 0 Å². The predicted octanol–water partition coefficient (Wildman–Crippen LogP) is 4.21. The first-order valence-electron chi connectivity index (χ1n) is 15.0. The van der Waals surface area contributed by atoms with Crippen molar-refractivity contribution in [1.82, 2.24) is 20.0 Å². The van der Waals surface area contributed by atoms with Crippen LogP contribution in [0.5, 0.6) is 11.5 Å². The number of benzene rings is 2. The Morgan fingerprint density at radius 1 is 1.00 bits per heavy atom. The Kier molecular flexibility index (Phi) is 9.79. The highest BCUT2D eigenvalue weighted by Gasteiger charge is 2.40. The van der Waals surface area contributed by atoms with Gasteiger partial charge in [-0.15, -0.1) is 0 Å². The highest BCUT2D eigenvalue weighted by molar-refractivity contribution is 5.83. The van der Waals surface area contributed by atoms with Crippen LogP contribution in [0.1, 0.15) is 49.3 Å². The molecule has 3 aliphatic rings. The Morgan fingerprint density at radius 2 is 1.73 bits per heavy atom. The van der Waals surface area contributed by atoms with Crippen LogP contribution in [0.3, 0.4) is 0 Å². The van der Waals surface area contributed by atoms with Crippen LogP contribution in [0.15, 0.2) is 48.5 Å². The number of nitrogens with one attached hydrogen (secondary N) is 1. The molecule has 0 bridgehead atoms. The second-order valence-electron chi connectivity index (χ2n) is 11.5. The summed E-state index contributed by atoms with van der Waals surface area (Å²) in [6.45, 7) is 8.83. The first kappa shape index (κ1) is 28.7. The summed E-state index contributed by atoms with van der Waals surface area (Å²) in [5, 5.41) is 3.96. The second kappa shape index (κ2) is 13.7. The molecule has 2 aromatic carbocycles. The lowest BCUT2D eigenvalue weighted by atomic mass is 9.97. The number of amides is 1. The van der Waals surface area contributed by atoms with E-state index in [-0.39, 0.29) is 11.9 Å². The molecular formula is C33H46N4O3. The van der Waals surface area contributed by atoms with Gasteiger partial charge in [0.2, 0.25) is 5.91 Å². The molecule has 2 aromatic rings. The number of hydrogen-bond acceptors (Lipinski definition) is 6. The summed E-state index contributed by atoms with van der Waals surface area (Å²) < 4.78 is 11.1. The van der Waals surface area contributed by atoms with Crippen LogP contribution in [0.4, 0.5) is 0 Å². The van der Waals surface area contributed by atoms with Crippen molar-refractivity contribution in [2.24, 2.45) is 0 Å². The molecule has 40 heavy (non-hydrogen) atoms. The van der Waals surface area contributed by atoms with Gasteiger partial charge in [0.25, 0.3) is 0 Å². The van der Waals surface area contributed by atoms with E-state index in [4.69, 9.17) is 9.47 Å². The molecule has 1 amide bonds. The second-order valence-corrected chi connectivity index (χ2v) is 11.5. The number of rotatable bonds is 10. The average molecular weight is 547 g/mol. The van der Waals surface area contributed by atoms with Gasteiger partial charge in [-0.3, -0.25) is 9.69 Å². The number of piperidine rings is 1. The van der Waals surface area contributed by atoms with Crippen molar-refractivity contribution in [3.8, 4) is 11.5 Å². The van der Waals surface area contributed by atoms with Crippen molar-refractivity contribution >= 4 is 12.0 Å². The summed E-state index contributed by atoms with van der Waals surface area (Å²) in [4.78, 5) is 21.1. The maximum Gasteiger partial charge on any atom is 0.240 e. The smallest absolute Gasteiger partial charge is 0.240 e. The highest BCUT2D eigenvalue weighted by atomic mass is 16.5. The number of nitrogens with zero attached hydrogens (tertiary/aromatic N) is 3. The van der Waals surface area contributed by atoms with E-state index < -0.39 is 0 Å². The first-order valence-corrected chi connectivity index (χ1v) is 15.0. The summed E-state index contributed by atoms with van der Waals surface area (Å²) in [6, 6.07) is 15.3. The summed E-state index contributed by atoms with van der Waals surface area (Å²) in [5.41, 5.74) is 3.58. The van der Waals surface area contributed by atoms with Crippen LogP contribution in [0.2, 0.25) is 0 Å². The van der Waals surface area contributed by atoms with Crippen molar-refractivity contribution in [3.63, 3.8) is 0 Å². The molecule has 0 aromatic heterocycles. The fraction of sp³-hybridized carbons (Fsp3) is 0.545. The van der Waals surface area contributed by atoms with Gasteiger partial charge in [0.15, 0.2) is 11.5 Å². The van der Waals surface area contributed by atoms with E-state index >= 15 is 0 Å². The summed E-state index contributed by atoms with van der Waals surface area (Å²) in [6.07, 6.45) is 9.68. The molecule has 0 radical (unpaired) electrons. The van der Waals surface area contributed by atoms with E-state index in [0.717, 1.165) is 49.5 Å². The summed E-state index contributed by atoms with van der Waals surface area (Å²) >= 11 is 0. The van der Waals surface area contributed by atoms with E-state index in [0.29, 0.717) is 18.6 Å². The van der Waals surface area contributed by atoms with Gasteiger partial charge in [0, 0.05) is 38.3 Å². The zero-order chi connectivity index (χ0) is 27.9. The number of hydrogen-bond donors (Lipinski definition) is 1. The van der Waals surface area contributed by atoms with Crippen molar-refractivity contribution in [2.45, 2.75) is 63.7 Å². The number of likely N-dealkylation sites (tertiary alicyclic amines) is 2. The first-order chi connectivity index (χ1) is 19.6. The molecule has 3 heterocycles. The minimum Gasteiger partial charge on any atom is -0.493 e. The number of fused-ring (bicyclic) bond motifs is 1. The number of carbonyl (C=O) groups is 1. The van der Waals surface area contributed by atoms with Crippen LogP contribution in [-0.4, -0.2) is 92.2 Å². The standard InChI is InChI=1S/C33H46N4O3/c1-4-15-35-17-13-28(14-18-35)34-29-22-30(36(24-29)16-8-11-25-9-6-5-7-10-25)33(38)37-19-12-26-20-31(39-2)32(40-3)21-27(26)23-37/h5-11,20-21,28-30,34H,4,12-19,22-24H2,1-3H3/b11-8+/t29-,30-/m0/s1. The van der Waals surface area contributed by atoms with Crippen LogP contribution in [0.25, 0.3) is 6.08 Å². The molecular weight excluding hydrogens is 500 g/mol. The van der Waals surface area contributed by atoms with Crippen LogP contribution in [0, 0.1) is 0 Å². The molecule has 0 saturated carbocycles. The lowest BCUT2D eigenvalue weighted by molar-refractivity contribution is -0.136.